The number of hydrogen-bond donors (Lipinski definition) is 1. The zero-order valence-corrected chi connectivity index (χ0v) is 12.1. The molecule has 2 N–H and O–H groups in total. The molecule has 2 aliphatic rings. The molecular formula is C17H25FN2. The second-order valence-corrected chi connectivity index (χ2v) is 6.26. The molecule has 110 valence electrons. The highest BCUT2D eigenvalue weighted by molar-refractivity contribution is 5.22. The van der Waals surface area contributed by atoms with E-state index in [-0.39, 0.29) is 11.9 Å². The summed E-state index contributed by atoms with van der Waals surface area (Å²) in [6.45, 7) is 1.57. The van der Waals surface area contributed by atoms with E-state index in [2.05, 4.69) is 4.90 Å². The van der Waals surface area contributed by atoms with Gasteiger partial charge in [-0.05, 0) is 44.2 Å². The normalized spacial score (nSPS) is 28.9. The molecule has 3 rings (SSSR count). The Balaban J connectivity index is 1.86. The number of piperidine rings is 1. The lowest BCUT2D eigenvalue weighted by Gasteiger charge is -2.47. The fraction of sp³-hybridized carbons (Fsp3) is 0.647. The van der Waals surface area contributed by atoms with Gasteiger partial charge in [-0.2, -0.15) is 0 Å². The molecule has 1 aliphatic carbocycles. The van der Waals surface area contributed by atoms with Crippen LogP contribution in [0.3, 0.4) is 0 Å². The van der Waals surface area contributed by atoms with Crippen LogP contribution < -0.4 is 5.73 Å². The Morgan fingerprint density at radius 2 is 1.90 bits per heavy atom. The summed E-state index contributed by atoms with van der Waals surface area (Å²) in [7, 11) is 0. The Morgan fingerprint density at radius 1 is 1.15 bits per heavy atom. The standard InChI is InChI=1S/C17H25FN2/c18-15-9-3-2-8-14(15)17(12-19)20-11-5-7-13-6-1-4-10-16(13)20/h2-3,8-9,13,16-17H,1,4-7,10-12,19H2. The van der Waals surface area contributed by atoms with Gasteiger partial charge in [0.2, 0.25) is 0 Å². The number of fused-ring (bicyclic) bond motifs is 1. The number of hydrogen-bond acceptors (Lipinski definition) is 2. The topological polar surface area (TPSA) is 29.3 Å². The van der Waals surface area contributed by atoms with Crippen molar-refractivity contribution in [2.45, 2.75) is 50.6 Å². The lowest BCUT2D eigenvalue weighted by molar-refractivity contribution is 0.0265. The van der Waals surface area contributed by atoms with Crippen molar-refractivity contribution in [3.63, 3.8) is 0 Å². The predicted molar refractivity (Wildman–Crippen MR) is 79.9 cm³/mol. The third kappa shape index (κ3) is 2.61. The van der Waals surface area contributed by atoms with Gasteiger partial charge >= 0.3 is 0 Å². The van der Waals surface area contributed by atoms with Crippen LogP contribution in [-0.4, -0.2) is 24.0 Å². The fourth-order valence-electron chi connectivity index (χ4n) is 4.24. The van der Waals surface area contributed by atoms with E-state index < -0.39 is 0 Å². The molecule has 1 saturated carbocycles. The molecule has 3 heteroatoms. The first-order valence-corrected chi connectivity index (χ1v) is 8.01. The van der Waals surface area contributed by atoms with E-state index in [1.54, 1.807) is 12.1 Å². The molecule has 0 aromatic heterocycles. The summed E-state index contributed by atoms with van der Waals surface area (Å²) in [5.41, 5.74) is 6.80. The molecule has 0 spiro atoms. The highest BCUT2D eigenvalue weighted by Gasteiger charge is 2.37. The van der Waals surface area contributed by atoms with Crippen molar-refractivity contribution in [1.29, 1.82) is 0 Å². The zero-order chi connectivity index (χ0) is 13.9. The SMILES string of the molecule is NCC(c1ccccc1F)N1CCCC2CCCCC21. The lowest BCUT2D eigenvalue weighted by Crippen LogP contribution is -2.50. The molecule has 1 saturated heterocycles. The summed E-state index contributed by atoms with van der Waals surface area (Å²) in [5, 5.41) is 0. The van der Waals surface area contributed by atoms with Gasteiger partial charge in [0.25, 0.3) is 0 Å². The van der Waals surface area contributed by atoms with Crippen molar-refractivity contribution in [3.8, 4) is 0 Å². The number of likely N-dealkylation sites (tertiary alicyclic amines) is 1. The van der Waals surface area contributed by atoms with Crippen molar-refractivity contribution >= 4 is 0 Å². The van der Waals surface area contributed by atoms with E-state index in [0.717, 1.165) is 18.0 Å². The highest BCUT2D eigenvalue weighted by Crippen LogP contribution is 2.39. The molecule has 0 radical (unpaired) electrons. The van der Waals surface area contributed by atoms with Crippen LogP contribution >= 0.6 is 0 Å². The van der Waals surface area contributed by atoms with Crippen LogP contribution in [-0.2, 0) is 0 Å². The van der Waals surface area contributed by atoms with Crippen LogP contribution in [0.1, 0.15) is 50.1 Å². The average molecular weight is 276 g/mol. The minimum Gasteiger partial charge on any atom is -0.329 e. The number of nitrogens with zero attached hydrogens (tertiary/aromatic N) is 1. The van der Waals surface area contributed by atoms with E-state index >= 15 is 0 Å². The van der Waals surface area contributed by atoms with Crippen molar-refractivity contribution in [2.24, 2.45) is 11.7 Å². The zero-order valence-electron chi connectivity index (χ0n) is 12.1. The molecule has 3 unspecified atom stereocenters. The molecular weight excluding hydrogens is 251 g/mol. The van der Waals surface area contributed by atoms with Crippen molar-refractivity contribution in [2.75, 3.05) is 13.1 Å². The number of halogens is 1. The third-order valence-electron chi connectivity index (χ3n) is 5.17. The van der Waals surface area contributed by atoms with Gasteiger partial charge in [-0.25, -0.2) is 4.39 Å². The molecule has 1 heterocycles. The van der Waals surface area contributed by atoms with E-state index in [9.17, 15) is 4.39 Å². The van der Waals surface area contributed by atoms with Gasteiger partial charge in [0, 0.05) is 18.2 Å². The molecule has 1 aliphatic heterocycles. The molecule has 20 heavy (non-hydrogen) atoms. The summed E-state index contributed by atoms with van der Waals surface area (Å²) in [5.74, 6) is 0.694. The van der Waals surface area contributed by atoms with Gasteiger partial charge in [-0.15, -0.1) is 0 Å². The Hall–Kier alpha value is -0.930. The largest absolute Gasteiger partial charge is 0.329 e. The Labute approximate surface area is 121 Å². The molecule has 2 fully saturated rings. The molecule has 0 bridgehead atoms. The minimum atomic E-state index is -0.110. The highest BCUT2D eigenvalue weighted by atomic mass is 19.1. The number of rotatable bonds is 3. The monoisotopic (exact) mass is 276 g/mol. The van der Waals surface area contributed by atoms with E-state index in [1.807, 2.05) is 12.1 Å². The van der Waals surface area contributed by atoms with E-state index in [4.69, 9.17) is 5.73 Å². The Bertz CT molecular complexity index is 446. The minimum absolute atomic E-state index is 0.0436. The van der Waals surface area contributed by atoms with Crippen LogP contribution in [0.5, 0.6) is 0 Å². The van der Waals surface area contributed by atoms with Crippen LogP contribution in [0.15, 0.2) is 24.3 Å². The van der Waals surface area contributed by atoms with Crippen molar-refractivity contribution in [1.82, 2.24) is 4.90 Å². The number of nitrogens with two attached hydrogens (primary N) is 1. The quantitative estimate of drug-likeness (QED) is 0.916. The summed E-state index contributed by atoms with van der Waals surface area (Å²) in [6.07, 6.45) is 7.85. The maximum absolute atomic E-state index is 14.1. The van der Waals surface area contributed by atoms with Gasteiger partial charge in [-0.3, -0.25) is 4.90 Å². The summed E-state index contributed by atoms with van der Waals surface area (Å²) >= 11 is 0. The maximum Gasteiger partial charge on any atom is 0.128 e. The van der Waals surface area contributed by atoms with E-state index in [1.165, 1.54) is 38.5 Å². The van der Waals surface area contributed by atoms with Gasteiger partial charge in [0.05, 0.1) is 6.04 Å². The number of benzene rings is 1. The first kappa shape index (κ1) is 14.0. The Kier molecular flexibility index (Phi) is 4.37. The summed E-state index contributed by atoms with van der Waals surface area (Å²) in [6, 6.07) is 7.79. The second-order valence-electron chi connectivity index (χ2n) is 6.26. The van der Waals surface area contributed by atoms with Crippen LogP contribution in [0.25, 0.3) is 0 Å². The van der Waals surface area contributed by atoms with Crippen LogP contribution in [0.2, 0.25) is 0 Å². The maximum atomic E-state index is 14.1. The van der Waals surface area contributed by atoms with Crippen LogP contribution in [0, 0.1) is 11.7 Å². The van der Waals surface area contributed by atoms with Gasteiger partial charge in [-0.1, -0.05) is 31.0 Å². The first-order chi connectivity index (χ1) is 9.81. The van der Waals surface area contributed by atoms with Gasteiger partial charge in [0.15, 0.2) is 0 Å². The van der Waals surface area contributed by atoms with Crippen LogP contribution in [0.4, 0.5) is 4.39 Å². The summed E-state index contributed by atoms with van der Waals surface area (Å²) in [4.78, 5) is 2.51. The average Bonchev–Trinajstić information content (AvgIpc) is 2.50. The fourth-order valence-corrected chi connectivity index (χ4v) is 4.24. The van der Waals surface area contributed by atoms with Crippen molar-refractivity contribution < 1.29 is 4.39 Å². The second kappa shape index (κ2) is 6.23. The molecule has 0 amide bonds. The van der Waals surface area contributed by atoms with Gasteiger partial charge < -0.3 is 5.73 Å². The Morgan fingerprint density at radius 3 is 2.70 bits per heavy atom. The van der Waals surface area contributed by atoms with Crippen molar-refractivity contribution in [3.05, 3.63) is 35.6 Å². The third-order valence-corrected chi connectivity index (χ3v) is 5.17. The molecule has 1 aromatic carbocycles. The van der Waals surface area contributed by atoms with Gasteiger partial charge in [0.1, 0.15) is 5.82 Å². The lowest BCUT2D eigenvalue weighted by atomic mass is 9.77. The molecule has 1 aromatic rings. The summed E-state index contributed by atoms with van der Waals surface area (Å²) < 4.78 is 14.1. The molecule has 3 atom stereocenters. The van der Waals surface area contributed by atoms with E-state index in [0.29, 0.717) is 12.6 Å². The smallest absolute Gasteiger partial charge is 0.128 e. The predicted octanol–water partition coefficient (Wildman–Crippen LogP) is 3.48. The molecule has 2 nitrogen and oxygen atoms in total. The first-order valence-electron chi connectivity index (χ1n) is 8.01.